The summed E-state index contributed by atoms with van der Waals surface area (Å²) in [5.41, 5.74) is 1.06. The Morgan fingerprint density at radius 3 is 2.28 bits per heavy atom. The van der Waals surface area contributed by atoms with Crippen LogP contribution >= 0.6 is 11.3 Å². The molecule has 0 spiro atoms. The van der Waals surface area contributed by atoms with Gasteiger partial charge in [0, 0.05) is 5.56 Å². The van der Waals surface area contributed by atoms with E-state index in [-0.39, 0.29) is 27.9 Å². The van der Waals surface area contributed by atoms with Gasteiger partial charge in [0.05, 0.1) is 43.7 Å². The van der Waals surface area contributed by atoms with Crippen LogP contribution in [0, 0.1) is 6.92 Å². The Hall–Kier alpha value is -4.38. The molecule has 0 radical (unpaired) electrons. The molecule has 2 aromatic carbocycles. The molecule has 4 rings (SSSR count). The molecule has 1 aromatic heterocycles. The second-order valence-corrected chi connectivity index (χ2v) is 10.6. The number of rotatable bonds is 13. The zero-order valence-corrected chi connectivity index (χ0v) is 25.8. The van der Waals surface area contributed by atoms with Crippen LogP contribution in [0.15, 0.2) is 48.0 Å². The molecule has 1 amide bonds. The average Bonchev–Trinajstić information content (AvgIpc) is 3.51. The Labute approximate surface area is 254 Å². The van der Waals surface area contributed by atoms with Gasteiger partial charge in [0.2, 0.25) is 0 Å². The number of hydrogen-bond donors (Lipinski definition) is 1. The molecule has 43 heavy (non-hydrogen) atoms. The number of thiazole rings is 1. The van der Waals surface area contributed by atoms with Gasteiger partial charge in [0.1, 0.15) is 16.4 Å². The number of carbonyl (C=O) groups is 3. The van der Waals surface area contributed by atoms with Crippen molar-refractivity contribution >= 4 is 39.9 Å². The van der Waals surface area contributed by atoms with Crippen molar-refractivity contribution in [3.63, 3.8) is 0 Å². The third-order valence-electron chi connectivity index (χ3n) is 6.54. The van der Waals surface area contributed by atoms with Gasteiger partial charge in [0.15, 0.2) is 16.6 Å². The van der Waals surface area contributed by atoms with Crippen LogP contribution in [0.25, 0.3) is 5.76 Å². The van der Waals surface area contributed by atoms with Crippen LogP contribution in [0.2, 0.25) is 0 Å². The molecule has 3 aromatic rings. The Morgan fingerprint density at radius 2 is 1.63 bits per heavy atom. The minimum atomic E-state index is -1.07. The summed E-state index contributed by atoms with van der Waals surface area (Å²) in [7, 11) is 0. The van der Waals surface area contributed by atoms with E-state index in [1.54, 1.807) is 56.3 Å². The number of hydrogen-bond acceptors (Lipinski definition) is 10. The molecule has 0 bridgehead atoms. The van der Waals surface area contributed by atoms with Crippen LogP contribution in [0.3, 0.4) is 0 Å². The fourth-order valence-electron chi connectivity index (χ4n) is 4.60. The van der Waals surface area contributed by atoms with Crippen molar-refractivity contribution in [2.24, 2.45) is 0 Å². The SMILES string of the molecule is CCCOc1ccc(/C(O)=C2\C(=O)C(=O)N(c3nc(C)c(C(=O)OCC)s3)C2c2ccc(OCCC)c(OCC)c2)cc1. The number of ketones is 1. The summed E-state index contributed by atoms with van der Waals surface area (Å²) in [5, 5.41) is 11.6. The molecule has 1 atom stereocenters. The highest BCUT2D eigenvalue weighted by Crippen LogP contribution is 2.45. The van der Waals surface area contributed by atoms with Gasteiger partial charge in [-0.2, -0.15) is 0 Å². The molecule has 10 nitrogen and oxygen atoms in total. The maximum absolute atomic E-state index is 13.6. The Morgan fingerprint density at radius 1 is 0.930 bits per heavy atom. The van der Waals surface area contributed by atoms with Crippen molar-refractivity contribution < 1.29 is 38.4 Å². The number of aromatic nitrogens is 1. The van der Waals surface area contributed by atoms with E-state index in [2.05, 4.69) is 4.98 Å². The topological polar surface area (TPSA) is 124 Å². The molecule has 0 aliphatic carbocycles. The van der Waals surface area contributed by atoms with Gasteiger partial charge >= 0.3 is 11.9 Å². The molecule has 1 saturated heterocycles. The maximum Gasteiger partial charge on any atom is 0.350 e. The molecule has 1 fully saturated rings. The van der Waals surface area contributed by atoms with Gasteiger partial charge in [0.25, 0.3) is 5.78 Å². The zero-order valence-electron chi connectivity index (χ0n) is 25.0. The number of Topliss-reactive ketones (excluding diaryl/α,β-unsaturated/α-hetero) is 1. The number of ether oxygens (including phenoxy) is 4. The number of aliphatic hydroxyl groups excluding tert-OH is 1. The van der Waals surface area contributed by atoms with Crippen LogP contribution in [-0.4, -0.2) is 54.2 Å². The number of carbonyl (C=O) groups excluding carboxylic acids is 3. The van der Waals surface area contributed by atoms with Gasteiger partial charge in [-0.25, -0.2) is 9.78 Å². The summed E-state index contributed by atoms with van der Waals surface area (Å²) in [6.07, 6.45) is 1.63. The van der Waals surface area contributed by atoms with Gasteiger partial charge < -0.3 is 24.1 Å². The third kappa shape index (κ3) is 6.67. The highest BCUT2D eigenvalue weighted by molar-refractivity contribution is 7.17. The van der Waals surface area contributed by atoms with E-state index in [0.717, 1.165) is 24.2 Å². The number of anilines is 1. The first-order chi connectivity index (χ1) is 20.7. The summed E-state index contributed by atoms with van der Waals surface area (Å²) >= 11 is 0.947. The first-order valence-electron chi connectivity index (χ1n) is 14.3. The van der Waals surface area contributed by atoms with E-state index in [1.807, 2.05) is 20.8 Å². The monoisotopic (exact) mass is 608 g/mol. The number of esters is 1. The number of amides is 1. The molecule has 1 unspecified atom stereocenters. The van der Waals surface area contributed by atoms with E-state index in [9.17, 15) is 19.5 Å². The average molecular weight is 609 g/mol. The highest BCUT2D eigenvalue weighted by Gasteiger charge is 2.48. The van der Waals surface area contributed by atoms with Crippen molar-refractivity contribution in [1.29, 1.82) is 0 Å². The van der Waals surface area contributed by atoms with E-state index in [1.165, 1.54) is 4.90 Å². The molecule has 0 saturated carbocycles. The van der Waals surface area contributed by atoms with Crippen LogP contribution in [0.1, 0.15) is 73.1 Å². The number of benzene rings is 2. The van der Waals surface area contributed by atoms with Crippen LogP contribution in [0.5, 0.6) is 17.2 Å². The maximum atomic E-state index is 13.6. The van der Waals surface area contributed by atoms with Crippen molar-refractivity contribution in [2.75, 3.05) is 31.3 Å². The summed E-state index contributed by atoms with van der Waals surface area (Å²) in [4.78, 5) is 45.8. The normalized spacial score (nSPS) is 15.9. The van der Waals surface area contributed by atoms with Crippen LogP contribution < -0.4 is 19.1 Å². The first kappa shape index (κ1) is 31.6. The summed E-state index contributed by atoms with van der Waals surface area (Å²) in [5.74, 6) is -1.13. The first-order valence-corrected chi connectivity index (χ1v) is 15.1. The lowest BCUT2D eigenvalue weighted by Crippen LogP contribution is -2.29. The second kappa shape index (κ2) is 14.2. The summed E-state index contributed by atoms with van der Waals surface area (Å²) in [6, 6.07) is 10.7. The molecule has 1 aliphatic heterocycles. The fourth-order valence-corrected chi connectivity index (χ4v) is 5.58. The smallest absolute Gasteiger partial charge is 0.350 e. The number of nitrogens with zero attached hydrogens (tertiary/aromatic N) is 2. The highest BCUT2D eigenvalue weighted by atomic mass is 32.1. The van der Waals surface area contributed by atoms with Gasteiger partial charge in [-0.05, 0) is 75.6 Å². The zero-order chi connectivity index (χ0) is 31.1. The van der Waals surface area contributed by atoms with E-state index in [4.69, 9.17) is 18.9 Å². The Kier molecular flexibility index (Phi) is 10.4. The van der Waals surface area contributed by atoms with E-state index in [0.29, 0.717) is 53.9 Å². The van der Waals surface area contributed by atoms with Crippen molar-refractivity contribution in [2.45, 2.75) is 53.5 Å². The third-order valence-corrected chi connectivity index (χ3v) is 7.68. The largest absolute Gasteiger partial charge is 0.507 e. The Balaban J connectivity index is 1.89. The lowest BCUT2D eigenvalue weighted by molar-refractivity contribution is -0.132. The number of aryl methyl sites for hydroxylation is 1. The lowest BCUT2D eigenvalue weighted by Gasteiger charge is -2.24. The summed E-state index contributed by atoms with van der Waals surface area (Å²) < 4.78 is 22.5. The fraction of sp³-hybridized carbons (Fsp3) is 0.375. The van der Waals surface area contributed by atoms with E-state index < -0.39 is 23.7 Å². The van der Waals surface area contributed by atoms with Crippen molar-refractivity contribution in [1.82, 2.24) is 4.98 Å². The summed E-state index contributed by atoms with van der Waals surface area (Å²) in [6.45, 7) is 10.7. The van der Waals surface area contributed by atoms with Crippen LogP contribution in [-0.2, 0) is 14.3 Å². The molecule has 228 valence electrons. The van der Waals surface area contributed by atoms with Crippen molar-refractivity contribution in [3.05, 3.63) is 69.7 Å². The van der Waals surface area contributed by atoms with Gasteiger partial charge in [-0.15, -0.1) is 0 Å². The molecule has 1 N–H and O–H groups in total. The minimum absolute atomic E-state index is 0.123. The molecular formula is C32H36N2O8S. The van der Waals surface area contributed by atoms with Crippen LogP contribution in [0.4, 0.5) is 5.13 Å². The van der Waals surface area contributed by atoms with E-state index >= 15 is 0 Å². The molecule has 1 aliphatic rings. The molecular weight excluding hydrogens is 572 g/mol. The predicted octanol–water partition coefficient (Wildman–Crippen LogP) is 6.23. The van der Waals surface area contributed by atoms with Gasteiger partial charge in [-0.3, -0.25) is 14.5 Å². The van der Waals surface area contributed by atoms with Gasteiger partial charge in [-0.1, -0.05) is 31.3 Å². The second-order valence-electron chi connectivity index (χ2n) is 9.66. The van der Waals surface area contributed by atoms with Crippen molar-refractivity contribution in [3.8, 4) is 17.2 Å². The Bertz CT molecular complexity index is 1510. The lowest BCUT2D eigenvalue weighted by atomic mass is 9.95. The standard InChI is InChI=1S/C32H36N2O8S/c1-6-16-41-22-13-10-20(11-14-22)27(35)25-26(21-12-15-23(42-17-7-2)24(18-21)39-8-3)34(30(37)28(25)36)32-33-19(5)29(43-32)31(38)40-9-4/h10-15,18,26,35H,6-9,16-17H2,1-5H3/b27-25+. The minimum Gasteiger partial charge on any atom is -0.507 e. The molecule has 2 heterocycles. The molecule has 11 heteroatoms. The quantitative estimate of drug-likeness (QED) is 0.104. The number of aliphatic hydroxyl groups is 1. The predicted molar refractivity (Wildman–Crippen MR) is 163 cm³/mol.